The summed E-state index contributed by atoms with van der Waals surface area (Å²) < 4.78 is 36.7. The Morgan fingerprint density at radius 1 is 1.33 bits per heavy atom. The molecule has 0 aliphatic rings. The van der Waals surface area contributed by atoms with Gasteiger partial charge >= 0.3 is 12.1 Å². The molecule has 2 aromatic rings. The van der Waals surface area contributed by atoms with Crippen LogP contribution in [-0.2, 0) is 11.3 Å². The van der Waals surface area contributed by atoms with Gasteiger partial charge in [-0.2, -0.15) is 13.2 Å². The van der Waals surface area contributed by atoms with E-state index in [2.05, 4.69) is 4.98 Å². The molecule has 0 aliphatic carbocycles. The van der Waals surface area contributed by atoms with E-state index in [-0.39, 0.29) is 6.54 Å². The molecule has 0 unspecified atom stereocenters. The van der Waals surface area contributed by atoms with Crippen molar-refractivity contribution in [1.82, 2.24) is 9.88 Å². The number of rotatable bonds is 2. The van der Waals surface area contributed by atoms with Crippen molar-refractivity contribution in [3.05, 3.63) is 36.0 Å². The number of amides is 1. The predicted octanol–water partition coefficient (Wildman–Crippen LogP) is 2.69. The fourth-order valence-corrected chi connectivity index (χ4v) is 1.81. The first-order valence-electron chi connectivity index (χ1n) is 5.27. The Bertz CT molecular complexity index is 574. The van der Waals surface area contributed by atoms with Gasteiger partial charge in [0.1, 0.15) is 0 Å². The minimum atomic E-state index is -4.83. The Labute approximate surface area is 101 Å². The van der Waals surface area contributed by atoms with Crippen molar-refractivity contribution < 1.29 is 18.0 Å². The van der Waals surface area contributed by atoms with Crippen molar-refractivity contribution in [1.29, 1.82) is 0 Å². The van der Waals surface area contributed by atoms with E-state index >= 15 is 0 Å². The molecule has 6 heteroatoms. The first kappa shape index (κ1) is 12.5. The second-order valence-corrected chi connectivity index (χ2v) is 4.02. The number of nitrogens with zero attached hydrogens (tertiary/aromatic N) is 1. The lowest BCUT2D eigenvalue weighted by molar-refractivity contribution is -0.184. The van der Waals surface area contributed by atoms with E-state index in [0.717, 1.165) is 18.0 Å². The number of benzene rings is 1. The number of H-pyrrole nitrogens is 1. The highest BCUT2D eigenvalue weighted by atomic mass is 19.4. The molecule has 0 bridgehead atoms. The molecular formula is C12H11F3N2O. The second-order valence-electron chi connectivity index (χ2n) is 4.02. The standard InChI is InChI=1S/C12H11F3N2O/c1-17(11(18)12(13,14)15)7-8-6-16-10-5-3-2-4-9(8)10/h2-6,16H,7H2,1H3. The third kappa shape index (κ3) is 2.32. The Kier molecular flexibility index (Phi) is 3.02. The number of aromatic nitrogens is 1. The normalized spacial score (nSPS) is 11.8. The van der Waals surface area contributed by atoms with Crippen LogP contribution in [0.4, 0.5) is 13.2 Å². The molecule has 1 aromatic heterocycles. The van der Waals surface area contributed by atoms with Crippen LogP contribution in [0.5, 0.6) is 0 Å². The molecule has 18 heavy (non-hydrogen) atoms. The Morgan fingerprint density at radius 2 is 2.00 bits per heavy atom. The lowest BCUT2D eigenvalue weighted by atomic mass is 10.1. The molecule has 3 nitrogen and oxygen atoms in total. The van der Waals surface area contributed by atoms with Gasteiger partial charge < -0.3 is 9.88 Å². The minimum Gasteiger partial charge on any atom is -0.361 e. The number of halogens is 3. The maximum atomic E-state index is 12.2. The SMILES string of the molecule is CN(Cc1c[nH]c2ccccc12)C(=O)C(F)(F)F. The molecule has 1 heterocycles. The number of hydrogen-bond donors (Lipinski definition) is 1. The van der Waals surface area contributed by atoms with Crippen molar-refractivity contribution >= 4 is 16.8 Å². The first-order valence-corrected chi connectivity index (χ1v) is 5.27. The van der Waals surface area contributed by atoms with Crippen LogP contribution in [0.25, 0.3) is 10.9 Å². The van der Waals surface area contributed by atoms with E-state index in [1.165, 1.54) is 0 Å². The van der Waals surface area contributed by atoms with Crippen LogP contribution in [0.15, 0.2) is 30.5 Å². The summed E-state index contributed by atoms with van der Waals surface area (Å²) in [4.78, 5) is 14.6. The smallest absolute Gasteiger partial charge is 0.361 e. The zero-order valence-corrected chi connectivity index (χ0v) is 9.58. The van der Waals surface area contributed by atoms with Crippen LogP contribution < -0.4 is 0 Å². The van der Waals surface area contributed by atoms with Gasteiger partial charge in [0.15, 0.2) is 0 Å². The number of hydrogen-bond acceptors (Lipinski definition) is 1. The predicted molar refractivity (Wildman–Crippen MR) is 60.8 cm³/mol. The van der Waals surface area contributed by atoms with Crippen molar-refractivity contribution in [2.75, 3.05) is 7.05 Å². The fourth-order valence-electron chi connectivity index (χ4n) is 1.81. The summed E-state index contributed by atoms with van der Waals surface area (Å²) in [6.45, 7) is -0.0810. The van der Waals surface area contributed by atoms with Gasteiger partial charge in [0.2, 0.25) is 0 Å². The highest BCUT2D eigenvalue weighted by Crippen LogP contribution is 2.22. The Hall–Kier alpha value is -1.98. The monoisotopic (exact) mass is 256 g/mol. The number of para-hydroxylation sites is 1. The minimum absolute atomic E-state index is 0.0810. The molecule has 0 spiro atoms. The van der Waals surface area contributed by atoms with Crippen molar-refractivity contribution in [3.63, 3.8) is 0 Å². The van der Waals surface area contributed by atoms with Gasteiger partial charge in [0, 0.05) is 30.7 Å². The van der Waals surface area contributed by atoms with Crippen molar-refractivity contribution in [2.24, 2.45) is 0 Å². The van der Waals surface area contributed by atoms with Gasteiger partial charge in [-0.3, -0.25) is 4.79 Å². The van der Waals surface area contributed by atoms with Crippen LogP contribution in [0.1, 0.15) is 5.56 Å². The summed E-state index contributed by atoms with van der Waals surface area (Å²) in [6.07, 6.45) is -3.22. The molecule has 1 amide bonds. The number of nitrogens with one attached hydrogen (secondary N) is 1. The van der Waals surface area contributed by atoms with Crippen LogP contribution in [0, 0.1) is 0 Å². The maximum absolute atomic E-state index is 12.2. The number of fused-ring (bicyclic) bond motifs is 1. The highest BCUT2D eigenvalue weighted by Gasteiger charge is 2.41. The van der Waals surface area contributed by atoms with E-state index in [9.17, 15) is 18.0 Å². The molecule has 0 fully saturated rings. The Balaban J connectivity index is 2.22. The van der Waals surface area contributed by atoms with Gasteiger partial charge in [0.05, 0.1) is 0 Å². The van der Waals surface area contributed by atoms with Gasteiger partial charge in [-0.15, -0.1) is 0 Å². The van der Waals surface area contributed by atoms with Crippen LogP contribution in [0.2, 0.25) is 0 Å². The molecule has 96 valence electrons. The fraction of sp³-hybridized carbons (Fsp3) is 0.250. The molecule has 1 N–H and O–H groups in total. The summed E-state index contributed by atoms with van der Waals surface area (Å²) in [5.41, 5.74) is 1.49. The zero-order chi connectivity index (χ0) is 13.3. The number of carbonyl (C=O) groups excluding carboxylic acids is 1. The van der Waals surface area contributed by atoms with E-state index in [4.69, 9.17) is 0 Å². The van der Waals surface area contributed by atoms with Gasteiger partial charge in [-0.05, 0) is 11.6 Å². The molecule has 0 radical (unpaired) electrons. The lowest BCUT2D eigenvalue weighted by Crippen LogP contribution is -2.37. The maximum Gasteiger partial charge on any atom is 0.471 e. The van der Waals surface area contributed by atoms with Crippen molar-refractivity contribution in [3.8, 4) is 0 Å². The number of alkyl halides is 3. The third-order valence-corrected chi connectivity index (χ3v) is 2.67. The third-order valence-electron chi connectivity index (χ3n) is 2.67. The number of carbonyl (C=O) groups is 1. The second kappa shape index (κ2) is 4.36. The van der Waals surface area contributed by atoms with Gasteiger partial charge in [-0.1, -0.05) is 18.2 Å². The van der Waals surface area contributed by atoms with Gasteiger partial charge in [-0.25, -0.2) is 0 Å². The first-order chi connectivity index (χ1) is 8.39. The average molecular weight is 256 g/mol. The summed E-state index contributed by atoms with van der Waals surface area (Å²) in [6, 6.07) is 7.25. The topological polar surface area (TPSA) is 36.1 Å². The van der Waals surface area contributed by atoms with E-state index in [1.807, 2.05) is 12.1 Å². The summed E-state index contributed by atoms with van der Waals surface area (Å²) in [5, 5.41) is 0.819. The quantitative estimate of drug-likeness (QED) is 0.881. The van der Waals surface area contributed by atoms with Crippen molar-refractivity contribution in [2.45, 2.75) is 12.7 Å². The zero-order valence-electron chi connectivity index (χ0n) is 9.58. The molecule has 1 aromatic carbocycles. The van der Waals surface area contributed by atoms with Crippen LogP contribution in [-0.4, -0.2) is 29.0 Å². The van der Waals surface area contributed by atoms with E-state index < -0.39 is 12.1 Å². The summed E-state index contributed by atoms with van der Waals surface area (Å²) >= 11 is 0. The molecule has 0 saturated heterocycles. The molecule has 2 rings (SSSR count). The Morgan fingerprint density at radius 3 is 2.67 bits per heavy atom. The van der Waals surface area contributed by atoms with Gasteiger partial charge in [0.25, 0.3) is 0 Å². The average Bonchev–Trinajstić information content (AvgIpc) is 2.70. The largest absolute Gasteiger partial charge is 0.471 e. The summed E-state index contributed by atoms with van der Waals surface area (Å²) in [7, 11) is 1.14. The number of aromatic amines is 1. The summed E-state index contributed by atoms with van der Waals surface area (Å²) in [5.74, 6) is -1.84. The molecule has 0 saturated carbocycles. The van der Waals surface area contributed by atoms with E-state index in [0.29, 0.717) is 10.5 Å². The molecular weight excluding hydrogens is 245 g/mol. The molecule has 0 aliphatic heterocycles. The van der Waals surface area contributed by atoms with Crippen LogP contribution >= 0.6 is 0 Å². The highest BCUT2D eigenvalue weighted by molar-refractivity contribution is 5.85. The van der Waals surface area contributed by atoms with E-state index in [1.54, 1.807) is 18.3 Å². The lowest BCUT2D eigenvalue weighted by Gasteiger charge is -2.18. The molecule has 0 atom stereocenters. The van der Waals surface area contributed by atoms with Crippen LogP contribution in [0.3, 0.4) is 0 Å².